The topological polar surface area (TPSA) is 52.5 Å². The van der Waals surface area contributed by atoms with Crippen LogP contribution in [0.1, 0.15) is 56.7 Å². The Morgan fingerprint density at radius 3 is 2.68 bits per heavy atom. The third-order valence-electron chi connectivity index (χ3n) is 4.25. The molecule has 106 valence electrons. The molecule has 1 aliphatic heterocycles. The van der Waals surface area contributed by atoms with Gasteiger partial charge in [0.15, 0.2) is 11.5 Å². The van der Waals surface area contributed by atoms with Crippen LogP contribution in [0.5, 0.6) is 11.5 Å². The summed E-state index contributed by atoms with van der Waals surface area (Å²) in [6, 6.07) is 3.79. The zero-order valence-electron chi connectivity index (χ0n) is 11.9. The van der Waals surface area contributed by atoms with Crippen molar-refractivity contribution in [2.75, 3.05) is 6.54 Å². The summed E-state index contributed by atoms with van der Waals surface area (Å²) in [4.78, 5) is 0. The van der Waals surface area contributed by atoms with Crippen LogP contribution < -0.4 is 5.32 Å². The molecule has 0 aromatic heterocycles. The van der Waals surface area contributed by atoms with Crippen LogP contribution in [0.2, 0.25) is 0 Å². The first-order valence-electron chi connectivity index (χ1n) is 7.45. The fourth-order valence-corrected chi connectivity index (χ4v) is 3.11. The Morgan fingerprint density at radius 1 is 1.26 bits per heavy atom. The fourth-order valence-electron chi connectivity index (χ4n) is 3.11. The molecule has 1 heterocycles. The molecule has 2 atom stereocenters. The highest BCUT2D eigenvalue weighted by Crippen LogP contribution is 2.38. The lowest BCUT2D eigenvalue weighted by Gasteiger charge is -2.33. The molecule has 0 unspecified atom stereocenters. The van der Waals surface area contributed by atoms with E-state index in [2.05, 4.69) is 19.2 Å². The van der Waals surface area contributed by atoms with Crippen molar-refractivity contribution < 1.29 is 10.2 Å². The van der Waals surface area contributed by atoms with E-state index < -0.39 is 0 Å². The fraction of sp³-hybridized carbons (Fsp3) is 0.625. The molecule has 0 saturated carbocycles. The molecular formula is C16H25NO2. The summed E-state index contributed by atoms with van der Waals surface area (Å²) in [5.74, 6) is 0.599. The second kappa shape index (κ2) is 6.29. The van der Waals surface area contributed by atoms with Crippen LogP contribution in [0.25, 0.3) is 0 Å². The van der Waals surface area contributed by atoms with Crippen molar-refractivity contribution in [3.05, 3.63) is 23.3 Å². The number of hydrogen-bond donors (Lipinski definition) is 3. The molecule has 1 aromatic carbocycles. The maximum Gasteiger partial charge on any atom is 0.157 e. The first-order valence-corrected chi connectivity index (χ1v) is 7.45. The Morgan fingerprint density at radius 2 is 2.00 bits per heavy atom. The van der Waals surface area contributed by atoms with Gasteiger partial charge in [0.1, 0.15) is 0 Å². The van der Waals surface area contributed by atoms with Crippen LogP contribution in [0.4, 0.5) is 0 Å². The van der Waals surface area contributed by atoms with E-state index in [1.54, 1.807) is 12.1 Å². The van der Waals surface area contributed by atoms with E-state index in [0.717, 1.165) is 19.4 Å². The van der Waals surface area contributed by atoms with Crippen molar-refractivity contribution in [2.45, 2.75) is 52.0 Å². The minimum absolute atomic E-state index is 0.000932. The smallest absolute Gasteiger partial charge is 0.157 e. The maximum absolute atomic E-state index is 9.75. The molecule has 19 heavy (non-hydrogen) atoms. The number of rotatable bonds is 5. The molecule has 2 rings (SSSR count). The summed E-state index contributed by atoms with van der Waals surface area (Å²) in [6.45, 7) is 5.40. The summed E-state index contributed by atoms with van der Waals surface area (Å²) in [7, 11) is 0. The Hall–Kier alpha value is -1.22. The average Bonchev–Trinajstić information content (AvgIpc) is 2.41. The molecule has 0 spiro atoms. The van der Waals surface area contributed by atoms with Crippen molar-refractivity contribution in [1.82, 2.24) is 5.32 Å². The van der Waals surface area contributed by atoms with Gasteiger partial charge in [-0.15, -0.1) is 0 Å². The molecule has 0 saturated heterocycles. The summed E-state index contributed by atoms with van der Waals surface area (Å²) in [5.41, 5.74) is 2.35. The van der Waals surface area contributed by atoms with Crippen LogP contribution in [0.3, 0.4) is 0 Å². The van der Waals surface area contributed by atoms with Gasteiger partial charge in [-0.25, -0.2) is 0 Å². The average molecular weight is 263 g/mol. The molecule has 0 aliphatic carbocycles. The van der Waals surface area contributed by atoms with Gasteiger partial charge >= 0.3 is 0 Å². The van der Waals surface area contributed by atoms with Gasteiger partial charge in [0.2, 0.25) is 0 Å². The quantitative estimate of drug-likeness (QED) is 0.713. The van der Waals surface area contributed by atoms with Crippen LogP contribution in [0, 0.1) is 5.92 Å². The number of aromatic hydroxyl groups is 2. The molecule has 3 nitrogen and oxygen atoms in total. The van der Waals surface area contributed by atoms with Crippen LogP contribution in [-0.4, -0.2) is 16.8 Å². The minimum atomic E-state index is -0.00204. The summed E-state index contributed by atoms with van der Waals surface area (Å²) < 4.78 is 0. The number of unbranched alkanes of at least 4 members (excludes halogenated alkanes) is 1. The molecule has 1 aliphatic rings. The Kier molecular flexibility index (Phi) is 4.70. The van der Waals surface area contributed by atoms with Gasteiger partial charge in [-0.3, -0.25) is 0 Å². The zero-order chi connectivity index (χ0) is 13.8. The molecule has 1 aromatic rings. The van der Waals surface area contributed by atoms with Crippen molar-refractivity contribution in [2.24, 2.45) is 5.92 Å². The number of nitrogens with one attached hydrogen (secondary N) is 1. The highest BCUT2D eigenvalue weighted by molar-refractivity contribution is 5.47. The van der Waals surface area contributed by atoms with E-state index in [-0.39, 0.29) is 11.5 Å². The van der Waals surface area contributed by atoms with Crippen LogP contribution in [0.15, 0.2) is 12.1 Å². The highest BCUT2D eigenvalue weighted by Gasteiger charge is 2.27. The third-order valence-corrected chi connectivity index (χ3v) is 4.25. The number of phenolic OH excluding ortho intramolecular Hbond substituents is 2. The molecule has 0 amide bonds. The van der Waals surface area contributed by atoms with Gasteiger partial charge in [0, 0.05) is 6.04 Å². The normalized spacial score (nSPS) is 20.0. The molecule has 3 N–H and O–H groups in total. The molecule has 0 bridgehead atoms. The van der Waals surface area contributed by atoms with E-state index in [4.69, 9.17) is 0 Å². The number of hydrogen-bond acceptors (Lipinski definition) is 3. The van der Waals surface area contributed by atoms with Crippen LogP contribution in [-0.2, 0) is 6.42 Å². The van der Waals surface area contributed by atoms with Gasteiger partial charge in [0.05, 0.1) is 0 Å². The second-order valence-corrected chi connectivity index (χ2v) is 5.53. The van der Waals surface area contributed by atoms with E-state index in [9.17, 15) is 10.2 Å². The van der Waals surface area contributed by atoms with Gasteiger partial charge in [-0.2, -0.15) is 0 Å². The SMILES string of the molecule is CCCC[C@@H](CC)[C@H]1NCCc2cc(O)c(O)cc21. The number of benzene rings is 1. The summed E-state index contributed by atoms with van der Waals surface area (Å²) in [5, 5.41) is 23.0. The van der Waals surface area contributed by atoms with Crippen molar-refractivity contribution in [3.63, 3.8) is 0 Å². The predicted molar refractivity (Wildman–Crippen MR) is 77.5 cm³/mol. The van der Waals surface area contributed by atoms with Crippen LogP contribution >= 0.6 is 0 Å². The van der Waals surface area contributed by atoms with E-state index in [1.165, 1.54) is 30.4 Å². The van der Waals surface area contributed by atoms with Gasteiger partial charge in [-0.1, -0.05) is 33.1 Å². The van der Waals surface area contributed by atoms with E-state index >= 15 is 0 Å². The monoisotopic (exact) mass is 263 g/mol. The van der Waals surface area contributed by atoms with Crippen molar-refractivity contribution in [1.29, 1.82) is 0 Å². The van der Waals surface area contributed by atoms with Crippen molar-refractivity contribution in [3.8, 4) is 11.5 Å². The Labute approximate surface area is 115 Å². The third kappa shape index (κ3) is 3.03. The lowest BCUT2D eigenvalue weighted by atomic mass is 9.82. The van der Waals surface area contributed by atoms with Gasteiger partial charge in [-0.05, 0) is 48.6 Å². The lowest BCUT2D eigenvalue weighted by Crippen LogP contribution is -2.34. The largest absolute Gasteiger partial charge is 0.504 e. The first-order chi connectivity index (χ1) is 9.17. The second-order valence-electron chi connectivity index (χ2n) is 5.53. The predicted octanol–water partition coefficient (Wildman–Crippen LogP) is 3.50. The first kappa shape index (κ1) is 14.2. The number of phenols is 2. The minimum Gasteiger partial charge on any atom is -0.504 e. The zero-order valence-corrected chi connectivity index (χ0v) is 11.9. The maximum atomic E-state index is 9.75. The summed E-state index contributed by atoms with van der Waals surface area (Å²) >= 11 is 0. The van der Waals surface area contributed by atoms with E-state index in [1.807, 2.05) is 0 Å². The number of fused-ring (bicyclic) bond motifs is 1. The molecule has 0 fully saturated rings. The summed E-state index contributed by atoms with van der Waals surface area (Å²) in [6.07, 6.45) is 5.74. The van der Waals surface area contributed by atoms with Gasteiger partial charge < -0.3 is 15.5 Å². The van der Waals surface area contributed by atoms with E-state index in [0.29, 0.717) is 12.0 Å². The highest BCUT2D eigenvalue weighted by atomic mass is 16.3. The lowest BCUT2D eigenvalue weighted by molar-refractivity contribution is 0.310. The molecule has 0 radical (unpaired) electrons. The standard InChI is InChI=1S/C16H25NO2/c1-3-5-6-11(4-2)16-13-10-15(19)14(18)9-12(13)7-8-17-16/h9-11,16-19H,3-8H2,1-2H3/t11-,16-/m1/s1. The molecule has 3 heteroatoms. The Balaban J connectivity index is 2.27. The Bertz CT molecular complexity index is 431. The van der Waals surface area contributed by atoms with Gasteiger partial charge in [0.25, 0.3) is 0 Å². The van der Waals surface area contributed by atoms with Crippen molar-refractivity contribution >= 4 is 0 Å². The molecular weight excluding hydrogens is 238 g/mol.